The predicted molar refractivity (Wildman–Crippen MR) is 101 cm³/mol. The SMILES string of the molecule is Cc1ccc(C(C)(C)C)cc1S(=O)(=O)N/N=C/c1ccc([N+](=O)[O-])cc1. The van der Waals surface area contributed by atoms with Gasteiger partial charge in [0.15, 0.2) is 0 Å². The summed E-state index contributed by atoms with van der Waals surface area (Å²) in [4.78, 5) is 12.5. The second kappa shape index (κ2) is 7.25. The van der Waals surface area contributed by atoms with E-state index in [-0.39, 0.29) is 16.0 Å². The maximum atomic E-state index is 12.6. The van der Waals surface area contributed by atoms with Crippen molar-refractivity contribution in [3.63, 3.8) is 0 Å². The molecule has 138 valence electrons. The maximum Gasteiger partial charge on any atom is 0.276 e. The van der Waals surface area contributed by atoms with Crippen LogP contribution in [0.1, 0.15) is 37.5 Å². The molecule has 0 aliphatic carbocycles. The van der Waals surface area contributed by atoms with Crippen LogP contribution in [-0.4, -0.2) is 19.6 Å². The highest BCUT2D eigenvalue weighted by atomic mass is 32.2. The lowest BCUT2D eigenvalue weighted by Crippen LogP contribution is -2.21. The van der Waals surface area contributed by atoms with E-state index in [1.165, 1.54) is 30.5 Å². The molecule has 2 aromatic rings. The summed E-state index contributed by atoms with van der Waals surface area (Å²) in [7, 11) is -3.82. The number of hydrogen-bond acceptors (Lipinski definition) is 5. The minimum absolute atomic E-state index is 0.0441. The molecule has 0 unspecified atom stereocenters. The van der Waals surface area contributed by atoms with Crippen LogP contribution < -0.4 is 4.83 Å². The summed E-state index contributed by atoms with van der Waals surface area (Å²) in [5, 5.41) is 14.4. The molecular formula is C18H21N3O4S. The Bertz CT molecular complexity index is 943. The zero-order chi connectivity index (χ0) is 19.5. The van der Waals surface area contributed by atoms with Gasteiger partial charge in [-0.1, -0.05) is 32.9 Å². The number of aryl methyl sites for hydroxylation is 1. The quantitative estimate of drug-likeness (QED) is 0.491. The second-order valence-electron chi connectivity index (χ2n) is 6.93. The van der Waals surface area contributed by atoms with Crippen molar-refractivity contribution in [1.29, 1.82) is 0 Å². The van der Waals surface area contributed by atoms with Gasteiger partial charge >= 0.3 is 0 Å². The lowest BCUT2D eigenvalue weighted by atomic mass is 9.87. The monoisotopic (exact) mass is 375 g/mol. The van der Waals surface area contributed by atoms with Gasteiger partial charge in [-0.15, -0.1) is 0 Å². The fourth-order valence-corrected chi connectivity index (χ4v) is 3.32. The van der Waals surface area contributed by atoms with E-state index in [0.717, 1.165) is 5.56 Å². The van der Waals surface area contributed by atoms with Crippen LogP contribution >= 0.6 is 0 Å². The molecule has 1 N–H and O–H groups in total. The number of nitro groups is 1. The van der Waals surface area contributed by atoms with Gasteiger partial charge in [-0.25, -0.2) is 4.83 Å². The third kappa shape index (κ3) is 4.66. The molecular weight excluding hydrogens is 354 g/mol. The van der Waals surface area contributed by atoms with Gasteiger partial charge in [0.2, 0.25) is 0 Å². The number of nitrogens with zero attached hydrogens (tertiary/aromatic N) is 2. The first-order valence-corrected chi connectivity index (χ1v) is 9.39. The Hall–Kier alpha value is -2.74. The summed E-state index contributed by atoms with van der Waals surface area (Å²) in [5.74, 6) is 0. The van der Waals surface area contributed by atoms with E-state index in [1.807, 2.05) is 26.8 Å². The van der Waals surface area contributed by atoms with E-state index < -0.39 is 14.9 Å². The van der Waals surface area contributed by atoms with Crippen LogP contribution in [0.2, 0.25) is 0 Å². The van der Waals surface area contributed by atoms with E-state index in [4.69, 9.17) is 0 Å². The Morgan fingerprint density at radius 1 is 1.12 bits per heavy atom. The van der Waals surface area contributed by atoms with Crippen molar-refractivity contribution in [2.45, 2.75) is 38.0 Å². The summed E-state index contributed by atoms with van der Waals surface area (Å²) >= 11 is 0. The number of non-ortho nitro benzene ring substituents is 1. The molecule has 7 nitrogen and oxygen atoms in total. The van der Waals surface area contributed by atoms with Crippen molar-refractivity contribution in [3.05, 3.63) is 69.3 Å². The molecule has 0 fully saturated rings. The standard InChI is InChI=1S/C18H21N3O4S/c1-13-5-8-15(18(2,3)4)11-17(13)26(24,25)20-19-12-14-6-9-16(10-7-14)21(22)23/h5-12,20H,1-4H3/b19-12+. The van der Waals surface area contributed by atoms with E-state index in [2.05, 4.69) is 9.93 Å². The van der Waals surface area contributed by atoms with Gasteiger partial charge in [0, 0.05) is 12.1 Å². The number of sulfonamides is 1. The van der Waals surface area contributed by atoms with Crippen molar-refractivity contribution >= 4 is 21.9 Å². The number of hydrazone groups is 1. The van der Waals surface area contributed by atoms with Crippen LogP contribution in [0.25, 0.3) is 0 Å². The molecule has 2 aromatic carbocycles. The third-order valence-corrected chi connectivity index (χ3v) is 5.20. The second-order valence-corrected chi connectivity index (χ2v) is 8.56. The molecule has 0 aliphatic heterocycles. The Morgan fingerprint density at radius 3 is 2.27 bits per heavy atom. The Labute approximate surface area is 153 Å². The summed E-state index contributed by atoms with van der Waals surface area (Å²) in [6, 6.07) is 11.0. The van der Waals surface area contributed by atoms with Gasteiger partial charge < -0.3 is 0 Å². The van der Waals surface area contributed by atoms with Crippen molar-refractivity contribution in [2.24, 2.45) is 5.10 Å². The first kappa shape index (κ1) is 19.6. The Kier molecular flexibility index (Phi) is 5.46. The normalized spacial score (nSPS) is 12.3. The minimum atomic E-state index is -3.82. The molecule has 0 heterocycles. The average molecular weight is 375 g/mol. The van der Waals surface area contributed by atoms with Crippen LogP contribution in [-0.2, 0) is 15.4 Å². The molecule has 0 aliphatic rings. The topological polar surface area (TPSA) is 102 Å². The molecule has 0 atom stereocenters. The number of nitro benzene ring substituents is 1. The Balaban J connectivity index is 2.22. The number of rotatable bonds is 5. The van der Waals surface area contributed by atoms with Crippen molar-refractivity contribution < 1.29 is 13.3 Å². The zero-order valence-electron chi connectivity index (χ0n) is 15.1. The highest BCUT2D eigenvalue weighted by Crippen LogP contribution is 2.26. The summed E-state index contributed by atoms with van der Waals surface area (Å²) < 4.78 is 25.1. The third-order valence-electron chi connectivity index (χ3n) is 3.83. The van der Waals surface area contributed by atoms with Crippen LogP contribution in [0, 0.1) is 17.0 Å². The molecule has 0 aromatic heterocycles. The summed E-state index contributed by atoms with van der Waals surface area (Å²) in [5.41, 5.74) is 1.84. The van der Waals surface area contributed by atoms with E-state index in [1.54, 1.807) is 19.1 Å². The van der Waals surface area contributed by atoms with Crippen LogP contribution in [0.3, 0.4) is 0 Å². The number of nitrogens with one attached hydrogen (secondary N) is 1. The lowest BCUT2D eigenvalue weighted by molar-refractivity contribution is -0.384. The Morgan fingerprint density at radius 2 is 1.73 bits per heavy atom. The average Bonchev–Trinajstić information content (AvgIpc) is 2.54. The fourth-order valence-electron chi connectivity index (χ4n) is 2.26. The van der Waals surface area contributed by atoms with Gasteiger partial charge in [0.25, 0.3) is 15.7 Å². The highest BCUT2D eigenvalue weighted by molar-refractivity contribution is 7.89. The highest BCUT2D eigenvalue weighted by Gasteiger charge is 2.21. The lowest BCUT2D eigenvalue weighted by Gasteiger charge is -2.20. The molecule has 0 spiro atoms. The van der Waals surface area contributed by atoms with Crippen LogP contribution in [0.4, 0.5) is 5.69 Å². The molecule has 8 heteroatoms. The van der Waals surface area contributed by atoms with Gasteiger partial charge in [-0.2, -0.15) is 13.5 Å². The molecule has 26 heavy (non-hydrogen) atoms. The van der Waals surface area contributed by atoms with Crippen molar-refractivity contribution in [3.8, 4) is 0 Å². The van der Waals surface area contributed by atoms with Gasteiger partial charge in [-0.05, 0) is 47.2 Å². The van der Waals surface area contributed by atoms with Gasteiger partial charge in [-0.3, -0.25) is 10.1 Å². The van der Waals surface area contributed by atoms with E-state index in [9.17, 15) is 18.5 Å². The summed E-state index contributed by atoms with van der Waals surface area (Å²) in [6.07, 6.45) is 1.30. The van der Waals surface area contributed by atoms with Crippen LogP contribution in [0.5, 0.6) is 0 Å². The molecule has 0 radical (unpaired) electrons. The van der Waals surface area contributed by atoms with E-state index >= 15 is 0 Å². The molecule has 0 saturated carbocycles. The summed E-state index contributed by atoms with van der Waals surface area (Å²) in [6.45, 7) is 7.75. The van der Waals surface area contributed by atoms with Crippen molar-refractivity contribution in [2.75, 3.05) is 0 Å². The number of benzene rings is 2. The zero-order valence-corrected chi connectivity index (χ0v) is 15.9. The molecule has 0 amide bonds. The molecule has 2 rings (SSSR count). The minimum Gasteiger partial charge on any atom is -0.258 e. The van der Waals surface area contributed by atoms with Gasteiger partial charge in [0.1, 0.15) is 0 Å². The van der Waals surface area contributed by atoms with Crippen molar-refractivity contribution in [1.82, 2.24) is 4.83 Å². The maximum absolute atomic E-state index is 12.6. The van der Waals surface area contributed by atoms with E-state index in [0.29, 0.717) is 11.1 Å². The first-order valence-electron chi connectivity index (χ1n) is 7.91. The number of hydrogen-bond donors (Lipinski definition) is 1. The fraction of sp³-hybridized carbons (Fsp3) is 0.278. The van der Waals surface area contributed by atoms with Crippen LogP contribution in [0.15, 0.2) is 52.5 Å². The smallest absolute Gasteiger partial charge is 0.258 e. The van der Waals surface area contributed by atoms with Gasteiger partial charge in [0.05, 0.1) is 16.0 Å². The predicted octanol–water partition coefficient (Wildman–Crippen LogP) is 3.51. The first-order chi connectivity index (χ1) is 12.0. The molecule has 0 bridgehead atoms. The molecule has 0 saturated heterocycles. The largest absolute Gasteiger partial charge is 0.276 e.